The average Bonchev–Trinajstić information content (AvgIpc) is 3.10. The summed E-state index contributed by atoms with van der Waals surface area (Å²) in [5, 5.41) is 0. The Morgan fingerprint density at radius 1 is 1.38 bits per heavy atom. The molecule has 0 aromatic heterocycles. The Bertz CT molecular complexity index is 350. The summed E-state index contributed by atoms with van der Waals surface area (Å²) >= 11 is 0. The smallest absolute Gasteiger partial charge is 0.189 e. The molecule has 1 aromatic rings. The van der Waals surface area contributed by atoms with Gasteiger partial charge in [-0.1, -0.05) is 0 Å². The Morgan fingerprint density at radius 3 is 2.81 bits per heavy atom. The second-order valence-electron chi connectivity index (χ2n) is 3.98. The van der Waals surface area contributed by atoms with Gasteiger partial charge in [0.2, 0.25) is 0 Å². The third-order valence-electron chi connectivity index (χ3n) is 2.57. The van der Waals surface area contributed by atoms with Crippen molar-refractivity contribution in [1.29, 1.82) is 0 Å². The van der Waals surface area contributed by atoms with E-state index in [1.54, 1.807) is 19.2 Å². The van der Waals surface area contributed by atoms with Crippen LogP contribution >= 0.6 is 0 Å². The Morgan fingerprint density at radius 2 is 2.19 bits per heavy atom. The monoisotopic (exact) mass is 223 g/mol. The normalized spacial score (nSPS) is 14.8. The lowest BCUT2D eigenvalue weighted by molar-refractivity contribution is 0.0104. The van der Waals surface area contributed by atoms with Gasteiger partial charge in [0.1, 0.15) is 11.5 Å². The first-order valence-corrected chi connectivity index (χ1v) is 5.43. The summed E-state index contributed by atoms with van der Waals surface area (Å²) in [7, 11) is 1.61. The average molecular weight is 223 g/mol. The van der Waals surface area contributed by atoms with Crippen molar-refractivity contribution >= 4 is 5.69 Å². The highest BCUT2D eigenvalue weighted by atomic mass is 16.7. The van der Waals surface area contributed by atoms with Gasteiger partial charge in [0, 0.05) is 6.07 Å². The van der Waals surface area contributed by atoms with Crippen LogP contribution in [0.4, 0.5) is 5.69 Å². The fourth-order valence-electron chi connectivity index (χ4n) is 1.39. The van der Waals surface area contributed by atoms with Gasteiger partial charge >= 0.3 is 0 Å². The molecular formula is C12H17NO3. The fourth-order valence-corrected chi connectivity index (χ4v) is 1.39. The Hall–Kier alpha value is -1.42. The first-order valence-electron chi connectivity index (χ1n) is 5.43. The van der Waals surface area contributed by atoms with E-state index in [1.165, 1.54) is 12.8 Å². The molecule has 1 fully saturated rings. The molecule has 0 unspecified atom stereocenters. The molecule has 0 spiro atoms. The maximum Gasteiger partial charge on any atom is 0.189 e. The topological polar surface area (TPSA) is 53.7 Å². The molecule has 0 amide bonds. The van der Waals surface area contributed by atoms with E-state index in [9.17, 15) is 0 Å². The van der Waals surface area contributed by atoms with Crippen LogP contribution in [0.2, 0.25) is 0 Å². The molecule has 0 bridgehead atoms. The maximum absolute atomic E-state index is 5.79. The van der Waals surface area contributed by atoms with E-state index >= 15 is 0 Å². The molecule has 0 atom stereocenters. The first kappa shape index (κ1) is 11.1. The number of nitrogen functional groups attached to an aromatic ring is 1. The molecule has 0 aliphatic heterocycles. The molecule has 1 aliphatic rings. The number of benzene rings is 1. The van der Waals surface area contributed by atoms with E-state index < -0.39 is 0 Å². The van der Waals surface area contributed by atoms with Gasteiger partial charge in [-0.2, -0.15) is 0 Å². The van der Waals surface area contributed by atoms with Crippen LogP contribution in [-0.2, 0) is 4.74 Å². The van der Waals surface area contributed by atoms with Crippen LogP contribution in [-0.4, -0.2) is 20.5 Å². The number of rotatable bonds is 6. The van der Waals surface area contributed by atoms with E-state index in [4.69, 9.17) is 19.9 Å². The highest BCUT2D eigenvalue weighted by molar-refractivity contribution is 5.56. The Kier molecular flexibility index (Phi) is 3.51. The largest absolute Gasteiger partial charge is 0.497 e. The van der Waals surface area contributed by atoms with Crippen molar-refractivity contribution in [3.63, 3.8) is 0 Å². The minimum atomic E-state index is 0.257. The molecule has 0 radical (unpaired) electrons. The van der Waals surface area contributed by atoms with Crippen molar-refractivity contribution < 1.29 is 14.2 Å². The summed E-state index contributed by atoms with van der Waals surface area (Å²) < 4.78 is 15.8. The third kappa shape index (κ3) is 3.03. The van der Waals surface area contributed by atoms with Crippen LogP contribution in [0.3, 0.4) is 0 Å². The van der Waals surface area contributed by atoms with Gasteiger partial charge < -0.3 is 19.9 Å². The standard InChI is InChI=1S/C12H17NO3/c1-14-10-4-5-12(11(13)6-10)16-8-15-7-9-2-3-9/h4-6,9H,2-3,7-8,13H2,1H3. The zero-order valence-corrected chi connectivity index (χ0v) is 9.44. The predicted octanol–water partition coefficient (Wildman–Crippen LogP) is 2.04. The molecule has 16 heavy (non-hydrogen) atoms. The summed E-state index contributed by atoms with van der Waals surface area (Å²) in [5.41, 5.74) is 6.35. The van der Waals surface area contributed by atoms with E-state index in [2.05, 4.69) is 0 Å². The molecule has 1 saturated carbocycles. The summed E-state index contributed by atoms with van der Waals surface area (Å²) in [5.74, 6) is 2.11. The molecule has 88 valence electrons. The molecule has 1 aliphatic carbocycles. The van der Waals surface area contributed by atoms with Crippen LogP contribution < -0.4 is 15.2 Å². The summed E-state index contributed by atoms with van der Waals surface area (Å²) in [6.07, 6.45) is 2.56. The molecule has 1 aromatic carbocycles. The van der Waals surface area contributed by atoms with Crippen LogP contribution in [0.25, 0.3) is 0 Å². The van der Waals surface area contributed by atoms with Crippen molar-refractivity contribution in [3.05, 3.63) is 18.2 Å². The number of hydrogen-bond donors (Lipinski definition) is 1. The predicted molar refractivity (Wildman–Crippen MR) is 61.6 cm³/mol. The van der Waals surface area contributed by atoms with Gasteiger partial charge in [-0.3, -0.25) is 0 Å². The highest BCUT2D eigenvalue weighted by Crippen LogP contribution is 2.29. The lowest BCUT2D eigenvalue weighted by atomic mass is 10.3. The van der Waals surface area contributed by atoms with E-state index in [0.29, 0.717) is 11.4 Å². The van der Waals surface area contributed by atoms with Crippen LogP contribution in [0.15, 0.2) is 18.2 Å². The Labute approximate surface area is 95.3 Å². The number of methoxy groups -OCH3 is 1. The number of hydrogen-bond acceptors (Lipinski definition) is 4. The number of ether oxygens (including phenoxy) is 3. The minimum absolute atomic E-state index is 0.257. The summed E-state index contributed by atoms with van der Waals surface area (Å²) in [6, 6.07) is 5.33. The zero-order chi connectivity index (χ0) is 11.4. The zero-order valence-electron chi connectivity index (χ0n) is 9.44. The summed E-state index contributed by atoms with van der Waals surface area (Å²) in [4.78, 5) is 0. The van der Waals surface area contributed by atoms with Gasteiger partial charge in [-0.25, -0.2) is 0 Å². The van der Waals surface area contributed by atoms with Gasteiger partial charge in [-0.15, -0.1) is 0 Å². The number of nitrogens with two attached hydrogens (primary N) is 1. The number of anilines is 1. The van der Waals surface area contributed by atoms with E-state index in [0.717, 1.165) is 18.3 Å². The lowest BCUT2D eigenvalue weighted by Crippen LogP contribution is -2.06. The first-order chi connectivity index (χ1) is 7.79. The van der Waals surface area contributed by atoms with Gasteiger partial charge in [0.25, 0.3) is 0 Å². The molecule has 2 N–H and O–H groups in total. The molecular weight excluding hydrogens is 206 g/mol. The van der Waals surface area contributed by atoms with Crippen LogP contribution in [0.1, 0.15) is 12.8 Å². The Balaban J connectivity index is 1.78. The van der Waals surface area contributed by atoms with Crippen molar-refractivity contribution in [2.24, 2.45) is 5.92 Å². The van der Waals surface area contributed by atoms with Crippen molar-refractivity contribution in [2.45, 2.75) is 12.8 Å². The molecule has 4 heteroatoms. The van der Waals surface area contributed by atoms with Gasteiger partial charge in [0.05, 0.1) is 19.4 Å². The molecule has 2 rings (SSSR count). The van der Waals surface area contributed by atoms with Crippen LogP contribution in [0.5, 0.6) is 11.5 Å². The fraction of sp³-hybridized carbons (Fsp3) is 0.500. The van der Waals surface area contributed by atoms with Gasteiger partial charge in [-0.05, 0) is 30.9 Å². The van der Waals surface area contributed by atoms with E-state index in [1.807, 2.05) is 6.07 Å². The molecule has 4 nitrogen and oxygen atoms in total. The van der Waals surface area contributed by atoms with Gasteiger partial charge in [0.15, 0.2) is 6.79 Å². The van der Waals surface area contributed by atoms with Crippen molar-refractivity contribution in [2.75, 3.05) is 26.2 Å². The maximum atomic E-state index is 5.79. The highest BCUT2D eigenvalue weighted by Gasteiger charge is 2.21. The minimum Gasteiger partial charge on any atom is -0.497 e. The third-order valence-corrected chi connectivity index (χ3v) is 2.57. The second kappa shape index (κ2) is 5.07. The molecule has 0 heterocycles. The van der Waals surface area contributed by atoms with E-state index in [-0.39, 0.29) is 6.79 Å². The molecule has 0 saturated heterocycles. The SMILES string of the molecule is COc1ccc(OCOCC2CC2)c(N)c1. The van der Waals surface area contributed by atoms with Crippen molar-refractivity contribution in [3.8, 4) is 11.5 Å². The quantitative estimate of drug-likeness (QED) is 0.455. The van der Waals surface area contributed by atoms with Crippen molar-refractivity contribution in [1.82, 2.24) is 0 Å². The summed E-state index contributed by atoms with van der Waals surface area (Å²) in [6.45, 7) is 1.04. The second-order valence-corrected chi connectivity index (χ2v) is 3.98. The lowest BCUT2D eigenvalue weighted by Gasteiger charge is -2.10. The van der Waals surface area contributed by atoms with Crippen LogP contribution in [0, 0.1) is 5.92 Å².